The first-order valence-corrected chi connectivity index (χ1v) is 12.8. The first-order chi connectivity index (χ1) is 16.4. The lowest BCUT2D eigenvalue weighted by atomic mass is 10.0. The van der Waals surface area contributed by atoms with Crippen LogP contribution in [0.15, 0.2) is 47.8 Å². The highest BCUT2D eigenvalue weighted by Gasteiger charge is 2.21. The predicted octanol–water partition coefficient (Wildman–Crippen LogP) is 6.37. The quantitative estimate of drug-likeness (QED) is 0.281. The van der Waals surface area contributed by atoms with E-state index in [2.05, 4.69) is 43.5 Å². The fraction of sp³-hybridized carbons (Fsp3) is 0.429. The van der Waals surface area contributed by atoms with E-state index in [1.165, 1.54) is 5.56 Å². The lowest BCUT2D eigenvalue weighted by molar-refractivity contribution is -0.156. The van der Waals surface area contributed by atoms with Crippen LogP contribution in [0.1, 0.15) is 56.0 Å². The zero-order chi connectivity index (χ0) is 24.5. The zero-order valence-corrected chi connectivity index (χ0v) is 21.6. The van der Waals surface area contributed by atoms with Crippen molar-refractivity contribution in [1.29, 1.82) is 0 Å². The van der Waals surface area contributed by atoms with Gasteiger partial charge in [-0.05, 0) is 55.5 Å². The van der Waals surface area contributed by atoms with E-state index in [1.54, 1.807) is 18.3 Å². The molecule has 0 fully saturated rings. The first kappa shape index (κ1) is 25.9. The highest BCUT2D eigenvalue weighted by molar-refractivity contribution is 7.13. The molecule has 34 heavy (non-hydrogen) atoms. The van der Waals surface area contributed by atoms with Crippen molar-refractivity contribution >= 4 is 17.3 Å². The smallest absolute Gasteiger partial charge is 0.335 e. The van der Waals surface area contributed by atoms with Gasteiger partial charge in [-0.25, -0.2) is 9.78 Å². The largest absolute Gasteiger partial charge is 0.493 e. The summed E-state index contributed by atoms with van der Waals surface area (Å²) in [4.78, 5) is 16.9. The number of nitrogens with zero attached hydrogens (tertiary/aromatic N) is 1. The number of hydrogen-bond donors (Lipinski definition) is 0. The summed E-state index contributed by atoms with van der Waals surface area (Å²) >= 11 is 1.67. The predicted molar refractivity (Wildman–Crippen MR) is 138 cm³/mol. The number of ether oxygens (including phenoxy) is 3. The second-order valence-corrected chi connectivity index (χ2v) is 9.37. The molecule has 0 bridgehead atoms. The number of carbonyl (C=O) groups excluding carboxylic acids is 1. The topological polar surface area (TPSA) is 57.7 Å². The van der Waals surface area contributed by atoms with Crippen LogP contribution in [0.25, 0.3) is 10.6 Å². The molecule has 0 aliphatic rings. The first-order valence-electron chi connectivity index (χ1n) is 12.0. The van der Waals surface area contributed by atoms with Crippen LogP contribution in [0.2, 0.25) is 0 Å². The van der Waals surface area contributed by atoms with Gasteiger partial charge in [0.1, 0.15) is 10.8 Å². The number of esters is 1. The number of thiazole rings is 1. The third-order valence-electron chi connectivity index (χ3n) is 5.64. The summed E-state index contributed by atoms with van der Waals surface area (Å²) in [6.07, 6.45) is 0.644. The summed E-state index contributed by atoms with van der Waals surface area (Å²) in [5, 5.41) is 3.14. The van der Waals surface area contributed by atoms with E-state index >= 15 is 0 Å². The Morgan fingerprint density at radius 1 is 1.06 bits per heavy atom. The summed E-state index contributed by atoms with van der Waals surface area (Å²) in [7, 11) is 0. The van der Waals surface area contributed by atoms with Crippen molar-refractivity contribution in [2.45, 2.75) is 59.5 Å². The summed E-state index contributed by atoms with van der Waals surface area (Å²) in [6.45, 7) is 11.5. The maximum absolute atomic E-state index is 12.1. The highest BCUT2D eigenvalue weighted by atomic mass is 32.1. The molecule has 6 heteroatoms. The minimum Gasteiger partial charge on any atom is -0.493 e. The Hall–Kier alpha value is -2.70. The Morgan fingerprint density at radius 2 is 1.82 bits per heavy atom. The van der Waals surface area contributed by atoms with Crippen molar-refractivity contribution in [3.8, 4) is 16.3 Å². The van der Waals surface area contributed by atoms with Crippen molar-refractivity contribution in [1.82, 2.24) is 4.98 Å². The molecule has 0 radical (unpaired) electrons. The minimum atomic E-state index is -0.587. The van der Waals surface area contributed by atoms with Gasteiger partial charge in [-0.15, -0.1) is 11.3 Å². The van der Waals surface area contributed by atoms with E-state index in [9.17, 15) is 4.79 Å². The average Bonchev–Trinajstić information content (AvgIpc) is 3.29. The van der Waals surface area contributed by atoms with Crippen LogP contribution >= 0.6 is 11.3 Å². The molecule has 0 saturated heterocycles. The summed E-state index contributed by atoms with van der Waals surface area (Å²) in [6, 6.07) is 14.6. The SMILES string of the molecule is CCOC(=O)C(Cc1ccc(OCCc2csc(-c3ccc(C(C)C)cc3)n2)cc1C)OCC. The van der Waals surface area contributed by atoms with E-state index < -0.39 is 6.10 Å². The van der Waals surface area contributed by atoms with Crippen LogP contribution in [0, 0.1) is 6.92 Å². The van der Waals surface area contributed by atoms with Gasteiger partial charge in [0.2, 0.25) is 0 Å². The van der Waals surface area contributed by atoms with E-state index in [0.29, 0.717) is 32.2 Å². The Bertz CT molecular complexity index is 1060. The summed E-state index contributed by atoms with van der Waals surface area (Å²) < 4.78 is 16.7. The Kier molecular flexibility index (Phi) is 9.66. The molecular formula is C28H35NO4S. The van der Waals surface area contributed by atoms with Crippen LogP contribution in [-0.2, 0) is 27.1 Å². The number of carbonyl (C=O) groups is 1. The van der Waals surface area contributed by atoms with Gasteiger partial charge in [-0.2, -0.15) is 0 Å². The van der Waals surface area contributed by atoms with Gasteiger partial charge < -0.3 is 14.2 Å². The lowest BCUT2D eigenvalue weighted by Crippen LogP contribution is -2.29. The van der Waals surface area contributed by atoms with Crippen LogP contribution in [0.4, 0.5) is 0 Å². The van der Waals surface area contributed by atoms with E-state index in [4.69, 9.17) is 19.2 Å². The van der Waals surface area contributed by atoms with Crippen molar-refractivity contribution in [2.75, 3.05) is 19.8 Å². The molecular weight excluding hydrogens is 446 g/mol. The molecule has 0 N–H and O–H groups in total. The average molecular weight is 482 g/mol. The van der Waals surface area contributed by atoms with Crippen LogP contribution < -0.4 is 4.74 Å². The molecule has 5 nitrogen and oxygen atoms in total. The molecule has 2 aromatic carbocycles. The maximum atomic E-state index is 12.1. The Morgan fingerprint density at radius 3 is 2.47 bits per heavy atom. The molecule has 0 aliphatic heterocycles. The van der Waals surface area contributed by atoms with Gasteiger partial charge in [-0.3, -0.25) is 0 Å². The van der Waals surface area contributed by atoms with Gasteiger partial charge in [0, 0.05) is 30.4 Å². The van der Waals surface area contributed by atoms with Gasteiger partial charge in [0.15, 0.2) is 6.10 Å². The molecule has 1 heterocycles. The fourth-order valence-electron chi connectivity index (χ4n) is 3.67. The molecule has 3 rings (SSSR count). The molecule has 182 valence electrons. The third-order valence-corrected chi connectivity index (χ3v) is 6.58. The van der Waals surface area contributed by atoms with Crippen LogP contribution in [0.3, 0.4) is 0 Å². The maximum Gasteiger partial charge on any atom is 0.335 e. The normalized spacial score (nSPS) is 12.1. The Balaban J connectivity index is 1.54. The molecule has 3 aromatic rings. The minimum absolute atomic E-state index is 0.317. The van der Waals surface area contributed by atoms with Crippen LogP contribution in [-0.4, -0.2) is 36.9 Å². The molecule has 1 aromatic heterocycles. The molecule has 0 spiro atoms. The molecule has 0 aliphatic carbocycles. The molecule has 1 unspecified atom stereocenters. The van der Waals surface area contributed by atoms with E-state index in [1.807, 2.05) is 32.0 Å². The van der Waals surface area contributed by atoms with E-state index in [0.717, 1.165) is 39.6 Å². The second kappa shape index (κ2) is 12.7. The third kappa shape index (κ3) is 7.15. The number of benzene rings is 2. The van der Waals surface area contributed by atoms with Gasteiger partial charge in [0.25, 0.3) is 0 Å². The fourth-order valence-corrected chi connectivity index (χ4v) is 4.53. The summed E-state index contributed by atoms with van der Waals surface area (Å²) in [5.41, 5.74) is 5.64. The van der Waals surface area contributed by atoms with Crippen molar-refractivity contribution in [3.63, 3.8) is 0 Å². The monoisotopic (exact) mass is 481 g/mol. The van der Waals surface area contributed by atoms with Gasteiger partial charge in [0.05, 0.1) is 18.9 Å². The number of aromatic nitrogens is 1. The molecule has 0 saturated carbocycles. The number of hydrogen-bond acceptors (Lipinski definition) is 6. The standard InChI is InChI=1S/C28H35NO4S/c1-6-31-26(28(30)32-7-2)17-23-12-13-25(16-20(23)5)33-15-14-24-18-34-27(29-24)22-10-8-21(9-11-22)19(3)4/h8-13,16,18-19,26H,6-7,14-15,17H2,1-5H3. The van der Waals surface area contributed by atoms with Crippen molar-refractivity contribution < 1.29 is 19.0 Å². The number of aryl methyl sites for hydroxylation is 1. The molecule has 1 atom stereocenters. The second-order valence-electron chi connectivity index (χ2n) is 8.51. The van der Waals surface area contributed by atoms with Crippen LogP contribution in [0.5, 0.6) is 5.75 Å². The van der Waals surface area contributed by atoms with Crippen molar-refractivity contribution in [3.05, 3.63) is 70.2 Å². The number of rotatable bonds is 12. The van der Waals surface area contributed by atoms with Gasteiger partial charge >= 0.3 is 5.97 Å². The summed E-state index contributed by atoms with van der Waals surface area (Å²) in [5.74, 6) is 1.02. The van der Waals surface area contributed by atoms with E-state index in [-0.39, 0.29) is 5.97 Å². The zero-order valence-electron chi connectivity index (χ0n) is 20.8. The molecule has 0 amide bonds. The van der Waals surface area contributed by atoms with Gasteiger partial charge in [-0.1, -0.05) is 44.2 Å². The van der Waals surface area contributed by atoms with Crippen molar-refractivity contribution in [2.24, 2.45) is 0 Å². The lowest BCUT2D eigenvalue weighted by Gasteiger charge is -2.17. The highest BCUT2D eigenvalue weighted by Crippen LogP contribution is 2.26. The Labute approximate surface area is 207 Å².